The Morgan fingerprint density at radius 3 is 2.71 bits per heavy atom. The van der Waals surface area contributed by atoms with Gasteiger partial charge in [0.2, 0.25) is 0 Å². The third-order valence-corrected chi connectivity index (χ3v) is 5.43. The van der Waals surface area contributed by atoms with Gasteiger partial charge in [-0.2, -0.15) is 0 Å². The summed E-state index contributed by atoms with van der Waals surface area (Å²) in [7, 11) is 0. The van der Waals surface area contributed by atoms with Gasteiger partial charge in [0.1, 0.15) is 11.8 Å². The molecule has 1 atom stereocenters. The number of hydrogen-bond acceptors (Lipinski definition) is 6. The number of anilines is 1. The lowest BCUT2D eigenvalue weighted by molar-refractivity contribution is -0.147. The van der Waals surface area contributed by atoms with Crippen LogP contribution >= 0.6 is 11.3 Å². The Bertz CT molecular complexity index is 891. The average Bonchev–Trinajstić information content (AvgIpc) is 3.00. The van der Waals surface area contributed by atoms with Crippen LogP contribution < -0.4 is 9.64 Å². The van der Waals surface area contributed by atoms with Crippen LogP contribution in [0.2, 0.25) is 0 Å². The van der Waals surface area contributed by atoms with E-state index >= 15 is 0 Å². The van der Waals surface area contributed by atoms with Gasteiger partial charge in [0.25, 0.3) is 5.91 Å². The zero-order valence-electron chi connectivity index (χ0n) is 16.9. The molecule has 150 valence electrons. The van der Waals surface area contributed by atoms with E-state index in [1.54, 1.807) is 11.3 Å². The Hall–Kier alpha value is -2.41. The number of hydrogen-bond donors (Lipinski definition) is 0. The number of rotatable bonds is 6. The number of amides is 1. The van der Waals surface area contributed by atoms with E-state index in [2.05, 4.69) is 4.98 Å². The molecule has 0 aliphatic carbocycles. The highest BCUT2D eigenvalue weighted by atomic mass is 32.1. The molecule has 2 heterocycles. The number of fused-ring (bicyclic) bond motifs is 1. The van der Waals surface area contributed by atoms with Crippen molar-refractivity contribution in [3.8, 4) is 17.0 Å². The van der Waals surface area contributed by atoms with Crippen molar-refractivity contribution in [1.29, 1.82) is 0 Å². The SMILES string of the molecule is CCC(C(=O)OCC(C)C)N1C(=O)COc2ccc(-c3nc(C)sc3C)cc21. The van der Waals surface area contributed by atoms with Gasteiger partial charge in [-0.3, -0.25) is 9.69 Å². The predicted molar refractivity (Wildman–Crippen MR) is 110 cm³/mol. The number of benzene rings is 1. The molecule has 1 aliphatic heterocycles. The van der Waals surface area contributed by atoms with Gasteiger partial charge in [-0.05, 0) is 44.4 Å². The zero-order valence-corrected chi connectivity index (χ0v) is 17.8. The Kier molecular flexibility index (Phi) is 6.03. The van der Waals surface area contributed by atoms with Gasteiger partial charge in [-0.15, -0.1) is 11.3 Å². The molecule has 0 saturated carbocycles. The van der Waals surface area contributed by atoms with Gasteiger partial charge >= 0.3 is 5.97 Å². The first-order chi connectivity index (χ1) is 13.3. The number of thiazole rings is 1. The normalized spacial score (nSPS) is 14.6. The summed E-state index contributed by atoms with van der Waals surface area (Å²) in [5.41, 5.74) is 2.38. The van der Waals surface area contributed by atoms with Crippen LogP contribution in [0.4, 0.5) is 5.69 Å². The Labute approximate surface area is 169 Å². The van der Waals surface area contributed by atoms with Gasteiger partial charge in [0.15, 0.2) is 6.61 Å². The fourth-order valence-electron chi connectivity index (χ4n) is 3.26. The molecule has 6 nitrogen and oxygen atoms in total. The summed E-state index contributed by atoms with van der Waals surface area (Å²) in [6.07, 6.45) is 0.459. The standard InChI is InChI=1S/C21H26N2O4S/c1-6-16(21(25)27-10-12(2)3)23-17-9-15(20-13(4)28-14(5)22-20)7-8-18(17)26-11-19(23)24/h7-9,12,16H,6,10-11H2,1-5H3. The molecule has 0 spiro atoms. The van der Waals surface area contributed by atoms with Gasteiger partial charge in [0, 0.05) is 10.4 Å². The van der Waals surface area contributed by atoms with Gasteiger partial charge < -0.3 is 9.47 Å². The fraction of sp³-hybridized carbons (Fsp3) is 0.476. The summed E-state index contributed by atoms with van der Waals surface area (Å²) in [5.74, 6) is 0.187. The average molecular weight is 403 g/mol. The molecule has 0 N–H and O–H groups in total. The van der Waals surface area contributed by atoms with E-state index in [1.807, 2.05) is 52.8 Å². The summed E-state index contributed by atoms with van der Waals surface area (Å²) < 4.78 is 11.0. The van der Waals surface area contributed by atoms with Crippen LogP contribution in [0.3, 0.4) is 0 Å². The molecule has 1 aromatic heterocycles. The summed E-state index contributed by atoms with van der Waals surface area (Å²) in [4.78, 5) is 32.6. The minimum atomic E-state index is -0.678. The van der Waals surface area contributed by atoms with Crippen molar-refractivity contribution in [3.05, 3.63) is 28.1 Å². The molecule has 7 heteroatoms. The van der Waals surface area contributed by atoms with Crippen molar-refractivity contribution in [2.24, 2.45) is 5.92 Å². The number of esters is 1. The monoisotopic (exact) mass is 402 g/mol. The highest BCUT2D eigenvalue weighted by Crippen LogP contribution is 2.39. The van der Waals surface area contributed by atoms with Crippen LogP contribution in [0.25, 0.3) is 11.3 Å². The molecule has 2 aromatic rings. The van der Waals surface area contributed by atoms with Crippen molar-refractivity contribution < 1.29 is 19.1 Å². The summed E-state index contributed by atoms with van der Waals surface area (Å²) in [6.45, 7) is 10.1. The zero-order chi connectivity index (χ0) is 20.4. The maximum absolute atomic E-state index is 12.7. The molecular weight excluding hydrogens is 376 g/mol. The molecule has 1 aromatic carbocycles. The topological polar surface area (TPSA) is 68.7 Å². The summed E-state index contributed by atoms with van der Waals surface area (Å²) >= 11 is 1.63. The number of ether oxygens (including phenoxy) is 2. The molecule has 0 saturated heterocycles. The van der Waals surface area contributed by atoms with Crippen LogP contribution in [0.5, 0.6) is 5.75 Å². The number of carbonyl (C=O) groups is 2. The minimum Gasteiger partial charge on any atom is -0.482 e. The van der Waals surface area contributed by atoms with Crippen molar-refractivity contribution in [2.45, 2.75) is 47.1 Å². The Morgan fingerprint density at radius 2 is 2.11 bits per heavy atom. The number of aromatic nitrogens is 1. The van der Waals surface area contributed by atoms with Crippen LogP contribution in [0.1, 0.15) is 37.1 Å². The van der Waals surface area contributed by atoms with Gasteiger partial charge in [-0.25, -0.2) is 9.78 Å². The second-order valence-electron chi connectivity index (χ2n) is 7.32. The molecule has 3 rings (SSSR count). The molecule has 0 bridgehead atoms. The molecule has 1 unspecified atom stereocenters. The first-order valence-corrected chi connectivity index (χ1v) is 10.3. The van der Waals surface area contributed by atoms with E-state index in [4.69, 9.17) is 9.47 Å². The second-order valence-corrected chi connectivity index (χ2v) is 8.73. The summed E-state index contributed by atoms with van der Waals surface area (Å²) in [6, 6.07) is 4.98. The molecule has 28 heavy (non-hydrogen) atoms. The number of carbonyl (C=O) groups excluding carboxylic acids is 2. The van der Waals surface area contributed by atoms with E-state index in [0.717, 1.165) is 21.1 Å². The smallest absolute Gasteiger partial charge is 0.329 e. The molecule has 1 amide bonds. The first-order valence-electron chi connectivity index (χ1n) is 9.51. The van der Waals surface area contributed by atoms with Crippen LogP contribution in [0.15, 0.2) is 18.2 Å². The largest absolute Gasteiger partial charge is 0.482 e. The quantitative estimate of drug-likeness (QED) is 0.680. The van der Waals surface area contributed by atoms with Crippen molar-refractivity contribution in [3.63, 3.8) is 0 Å². The Balaban J connectivity index is 1.99. The lowest BCUT2D eigenvalue weighted by Gasteiger charge is -2.34. The second kappa shape index (κ2) is 8.31. The third-order valence-electron chi connectivity index (χ3n) is 4.54. The van der Waals surface area contributed by atoms with E-state index in [1.165, 1.54) is 4.90 Å². The van der Waals surface area contributed by atoms with Crippen LogP contribution in [-0.4, -0.2) is 36.1 Å². The van der Waals surface area contributed by atoms with Crippen LogP contribution in [-0.2, 0) is 14.3 Å². The third kappa shape index (κ3) is 4.04. The number of aryl methyl sites for hydroxylation is 2. The number of nitrogens with zero attached hydrogens (tertiary/aromatic N) is 2. The fourth-order valence-corrected chi connectivity index (χ4v) is 4.10. The lowest BCUT2D eigenvalue weighted by atomic mass is 10.1. The van der Waals surface area contributed by atoms with Crippen molar-refractivity contribution >= 4 is 28.9 Å². The van der Waals surface area contributed by atoms with Crippen molar-refractivity contribution in [2.75, 3.05) is 18.1 Å². The molecule has 0 fully saturated rings. The Morgan fingerprint density at radius 1 is 1.36 bits per heavy atom. The lowest BCUT2D eigenvalue weighted by Crippen LogP contribution is -2.50. The van der Waals surface area contributed by atoms with Crippen LogP contribution in [0, 0.1) is 19.8 Å². The maximum atomic E-state index is 12.7. The first kappa shape index (κ1) is 20.3. The highest BCUT2D eigenvalue weighted by molar-refractivity contribution is 7.11. The molecule has 0 radical (unpaired) electrons. The molecule has 1 aliphatic rings. The predicted octanol–water partition coefficient (Wildman–Crippen LogP) is 4.13. The van der Waals surface area contributed by atoms with Gasteiger partial charge in [-0.1, -0.05) is 20.8 Å². The van der Waals surface area contributed by atoms with E-state index < -0.39 is 6.04 Å². The van der Waals surface area contributed by atoms with Crippen molar-refractivity contribution in [1.82, 2.24) is 4.98 Å². The van der Waals surface area contributed by atoms with Gasteiger partial charge in [0.05, 0.1) is 23.0 Å². The van der Waals surface area contributed by atoms with E-state index in [9.17, 15) is 9.59 Å². The van der Waals surface area contributed by atoms with E-state index in [0.29, 0.717) is 24.5 Å². The molecular formula is C21H26N2O4S. The van der Waals surface area contributed by atoms with E-state index in [-0.39, 0.29) is 24.4 Å². The summed E-state index contributed by atoms with van der Waals surface area (Å²) in [5, 5.41) is 0.984. The maximum Gasteiger partial charge on any atom is 0.329 e. The minimum absolute atomic E-state index is 0.0882. The highest BCUT2D eigenvalue weighted by Gasteiger charge is 2.36.